The Morgan fingerprint density at radius 1 is 1.07 bits per heavy atom. The minimum absolute atomic E-state index is 0.338. The summed E-state index contributed by atoms with van der Waals surface area (Å²) in [4.78, 5) is 8.71. The molecule has 1 aromatic carbocycles. The number of aromatic nitrogens is 1. The van der Waals surface area contributed by atoms with Gasteiger partial charge in [0, 0.05) is 32.4 Å². The molecule has 1 aromatic heterocycles. The fourth-order valence-electron chi connectivity index (χ4n) is 3.29. The van der Waals surface area contributed by atoms with Crippen LogP contribution >= 0.6 is 0 Å². The Kier molecular flexibility index (Phi) is 7.53. The van der Waals surface area contributed by atoms with Crippen LogP contribution in [0.1, 0.15) is 36.8 Å². The van der Waals surface area contributed by atoms with Crippen molar-refractivity contribution in [2.24, 2.45) is 4.99 Å². The third kappa shape index (κ3) is 6.15. The molecule has 0 spiro atoms. The summed E-state index contributed by atoms with van der Waals surface area (Å²) in [6, 6.07) is 12.1. The Hall–Kier alpha value is -2.76. The smallest absolute Gasteiger partial charge is 0.213 e. The molecule has 150 valence electrons. The predicted octanol–water partition coefficient (Wildman–Crippen LogP) is 3.32. The first-order chi connectivity index (χ1) is 13.8. The minimum atomic E-state index is 0.338. The second-order valence-corrected chi connectivity index (χ2v) is 6.98. The Labute approximate surface area is 167 Å². The van der Waals surface area contributed by atoms with Gasteiger partial charge in [0.15, 0.2) is 5.96 Å². The van der Waals surface area contributed by atoms with Crippen LogP contribution in [0.2, 0.25) is 0 Å². The predicted molar refractivity (Wildman–Crippen MR) is 112 cm³/mol. The van der Waals surface area contributed by atoms with E-state index in [1.807, 2.05) is 24.4 Å². The lowest BCUT2D eigenvalue weighted by atomic mass is 10.1. The number of nitrogens with zero attached hydrogens (tertiary/aromatic N) is 2. The van der Waals surface area contributed by atoms with E-state index in [-0.39, 0.29) is 0 Å². The van der Waals surface area contributed by atoms with Gasteiger partial charge >= 0.3 is 0 Å². The molecule has 6 nitrogen and oxygen atoms in total. The Morgan fingerprint density at radius 2 is 1.82 bits per heavy atom. The summed E-state index contributed by atoms with van der Waals surface area (Å²) >= 11 is 0. The molecule has 3 rings (SSSR count). The van der Waals surface area contributed by atoms with Crippen molar-refractivity contribution < 1.29 is 9.47 Å². The molecule has 1 aliphatic rings. The molecule has 1 saturated carbocycles. The maximum absolute atomic E-state index is 5.91. The molecular weight excluding hydrogens is 352 g/mol. The first kappa shape index (κ1) is 20.0. The number of guanidine groups is 1. The highest BCUT2D eigenvalue weighted by Gasteiger charge is 2.16. The van der Waals surface area contributed by atoms with Crippen LogP contribution in [0.15, 0.2) is 47.6 Å². The van der Waals surface area contributed by atoms with Crippen molar-refractivity contribution in [2.75, 3.05) is 20.7 Å². The molecule has 0 atom stereocenters. The van der Waals surface area contributed by atoms with E-state index in [1.165, 1.54) is 18.4 Å². The van der Waals surface area contributed by atoms with E-state index in [0.29, 0.717) is 12.6 Å². The fraction of sp³-hybridized carbons (Fsp3) is 0.455. The molecule has 1 fully saturated rings. The Bertz CT molecular complexity index is 738. The van der Waals surface area contributed by atoms with Crippen LogP contribution < -0.4 is 20.1 Å². The normalized spacial score (nSPS) is 14.7. The quantitative estimate of drug-likeness (QED) is 0.541. The zero-order valence-corrected chi connectivity index (χ0v) is 16.8. The summed E-state index contributed by atoms with van der Waals surface area (Å²) in [5, 5.41) is 6.66. The van der Waals surface area contributed by atoms with Crippen molar-refractivity contribution in [3.63, 3.8) is 0 Å². The SMILES string of the molecule is CN=C(NCCc1ccc(OC)cc1)NCc1ccc(OC2CCCC2)nc1. The fourth-order valence-corrected chi connectivity index (χ4v) is 3.29. The molecule has 0 saturated heterocycles. The molecule has 28 heavy (non-hydrogen) atoms. The summed E-state index contributed by atoms with van der Waals surface area (Å²) in [5.41, 5.74) is 2.35. The van der Waals surface area contributed by atoms with E-state index < -0.39 is 0 Å². The van der Waals surface area contributed by atoms with Crippen molar-refractivity contribution >= 4 is 5.96 Å². The van der Waals surface area contributed by atoms with E-state index >= 15 is 0 Å². The number of hydrogen-bond acceptors (Lipinski definition) is 4. The number of aliphatic imine (C=N–C) groups is 1. The second-order valence-electron chi connectivity index (χ2n) is 6.98. The molecule has 1 heterocycles. The highest BCUT2D eigenvalue weighted by molar-refractivity contribution is 5.79. The summed E-state index contributed by atoms with van der Waals surface area (Å²) in [7, 11) is 3.46. The molecule has 0 aliphatic heterocycles. The molecule has 2 N–H and O–H groups in total. The van der Waals surface area contributed by atoms with E-state index in [9.17, 15) is 0 Å². The first-order valence-electron chi connectivity index (χ1n) is 9.96. The van der Waals surface area contributed by atoms with E-state index in [2.05, 4.69) is 38.8 Å². The van der Waals surface area contributed by atoms with Crippen LogP contribution in [0, 0.1) is 0 Å². The third-order valence-electron chi connectivity index (χ3n) is 4.94. The number of rotatable bonds is 8. The van der Waals surface area contributed by atoms with Gasteiger partial charge in [-0.25, -0.2) is 4.98 Å². The lowest BCUT2D eigenvalue weighted by Gasteiger charge is -2.13. The Morgan fingerprint density at radius 3 is 2.46 bits per heavy atom. The molecular formula is C22H30N4O2. The van der Waals surface area contributed by atoms with Crippen molar-refractivity contribution in [1.82, 2.24) is 15.6 Å². The number of methoxy groups -OCH3 is 1. The second kappa shape index (κ2) is 10.5. The van der Waals surface area contributed by atoms with Gasteiger partial charge in [-0.05, 0) is 55.4 Å². The van der Waals surface area contributed by atoms with Crippen LogP contribution in [0.3, 0.4) is 0 Å². The molecule has 0 unspecified atom stereocenters. The highest BCUT2D eigenvalue weighted by Crippen LogP contribution is 2.22. The Balaban J connectivity index is 1.39. The van der Waals surface area contributed by atoms with Gasteiger partial charge in [-0.3, -0.25) is 4.99 Å². The van der Waals surface area contributed by atoms with Gasteiger partial charge in [0.2, 0.25) is 5.88 Å². The van der Waals surface area contributed by atoms with Crippen LogP contribution in [-0.4, -0.2) is 37.7 Å². The number of ether oxygens (including phenoxy) is 2. The summed E-state index contributed by atoms with van der Waals surface area (Å²) in [6.07, 6.45) is 7.92. The van der Waals surface area contributed by atoms with Gasteiger partial charge in [0.25, 0.3) is 0 Å². The number of hydrogen-bond donors (Lipinski definition) is 2. The van der Waals surface area contributed by atoms with Crippen LogP contribution in [-0.2, 0) is 13.0 Å². The lowest BCUT2D eigenvalue weighted by molar-refractivity contribution is 0.201. The van der Waals surface area contributed by atoms with Crippen LogP contribution in [0.4, 0.5) is 0 Å². The zero-order chi connectivity index (χ0) is 19.6. The van der Waals surface area contributed by atoms with Gasteiger partial charge in [-0.2, -0.15) is 0 Å². The van der Waals surface area contributed by atoms with Crippen molar-refractivity contribution in [1.29, 1.82) is 0 Å². The average Bonchev–Trinajstić information content (AvgIpc) is 3.25. The molecule has 1 aliphatic carbocycles. The van der Waals surface area contributed by atoms with Gasteiger partial charge in [-0.1, -0.05) is 18.2 Å². The summed E-state index contributed by atoms with van der Waals surface area (Å²) in [6.45, 7) is 1.47. The molecule has 0 amide bonds. The van der Waals surface area contributed by atoms with Gasteiger partial charge < -0.3 is 20.1 Å². The van der Waals surface area contributed by atoms with E-state index in [1.54, 1.807) is 14.2 Å². The van der Waals surface area contributed by atoms with Crippen molar-refractivity contribution in [2.45, 2.75) is 44.8 Å². The largest absolute Gasteiger partial charge is 0.497 e. The third-order valence-corrected chi connectivity index (χ3v) is 4.94. The standard InChI is InChI=1S/C22H30N4O2/c1-23-22(24-14-13-17-7-10-19(27-2)11-8-17)26-16-18-9-12-21(25-15-18)28-20-5-3-4-6-20/h7-12,15,20H,3-6,13-14,16H2,1-2H3,(H2,23,24,26). The zero-order valence-electron chi connectivity index (χ0n) is 16.8. The number of benzene rings is 1. The average molecular weight is 383 g/mol. The molecule has 6 heteroatoms. The number of nitrogens with one attached hydrogen (secondary N) is 2. The maximum atomic E-state index is 5.91. The minimum Gasteiger partial charge on any atom is -0.497 e. The molecule has 0 bridgehead atoms. The molecule has 2 aromatic rings. The van der Waals surface area contributed by atoms with Gasteiger partial charge in [-0.15, -0.1) is 0 Å². The summed E-state index contributed by atoms with van der Waals surface area (Å²) < 4.78 is 11.1. The lowest BCUT2D eigenvalue weighted by Crippen LogP contribution is -2.37. The van der Waals surface area contributed by atoms with Crippen molar-refractivity contribution in [3.8, 4) is 11.6 Å². The first-order valence-corrected chi connectivity index (χ1v) is 9.96. The monoisotopic (exact) mass is 382 g/mol. The van der Waals surface area contributed by atoms with Crippen LogP contribution in [0.5, 0.6) is 11.6 Å². The van der Waals surface area contributed by atoms with Gasteiger partial charge in [0.05, 0.1) is 7.11 Å². The van der Waals surface area contributed by atoms with Crippen LogP contribution in [0.25, 0.3) is 0 Å². The van der Waals surface area contributed by atoms with Crippen molar-refractivity contribution in [3.05, 3.63) is 53.7 Å². The number of pyridine rings is 1. The van der Waals surface area contributed by atoms with Gasteiger partial charge in [0.1, 0.15) is 11.9 Å². The topological polar surface area (TPSA) is 67.8 Å². The highest BCUT2D eigenvalue weighted by atomic mass is 16.5. The molecule has 0 radical (unpaired) electrons. The maximum Gasteiger partial charge on any atom is 0.213 e. The summed E-state index contributed by atoms with van der Waals surface area (Å²) in [5.74, 6) is 2.37. The van der Waals surface area contributed by atoms with E-state index in [4.69, 9.17) is 9.47 Å². The van der Waals surface area contributed by atoms with E-state index in [0.717, 1.165) is 49.0 Å².